The van der Waals surface area contributed by atoms with Crippen molar-refractivity contribution >= 4 is 23.9 Å². The zero-order valence-electron chi connectivity index (χ0n) is 7.83. The van der Waals surface area contributed by atoms with E-state index in [9.17, 15) is 19.2 Å². The second-order valence-electron chi connectivity index (χ2n) is 2.91. The van der Waals surface area contributed by atoms with Gasteiger partial charge in [-0.15, -0.1) is 0 Å². The molecule has 0 unspecified atom stereocenters. The van der Waals surface area contributed by atoms with Crippen molar-refractivity contribution in [2.45, 2.75) is 0 Å². The summed E-state index contributed by atoms with van der Waals surface area (Å²) < 4.78 is 4.11. The Morgan fingerprint density at radius 3 is 1.53 bits per heavy atom. The van der Waals surface area contributed by atoms with Gasteiger partial charge in [0, 0.05) is 0 Å². The van der Waals surface area contributed by atoms with Crippen molar-refractivity contribution in [2.24, 2.45) is 0 Å². The monoisotopic (exact) mass is 238 g/mol. The smallest absolute Gasteiger partial charge is 0.367 e. The minimum atomic E-state index is -1.68. The van der Waals surface area contributed by atoms with Crippen LogP contribution >= 0.6 is 0 Å². The average molecular weight is 238 g/mol. The van der Waals surface area contributed by atoms with Crippen molar-refractivity contribution < 1.29 is 34.1 Å². The molecule has 9 nitrogen and oxygen atoms in total. The number of carboxylic acid groups (broad SMARTS) is 2. The van der Waals surface area contributed by atoms with Crippen LogP contribution in [0.2, 0.25) is 0 Å². The Hall–Kier alpha value is -2.84. The molecular weight excluding hydrogens is 236 g/mol. The van der Waals surface area contributed by atoms with Gasteiger partial charge in [-0.3, -0.25) is 0 Å². The van der Waals surface area contributed by atoms with Crippen LogP contribution in [0.3, 0.4) is 0 Å². The molecule has 17 heavy (non-hydrogen) atoms. The van der Waals surface area contributed by atoms with Gasteiger partial charge in [-0.25, -0.2) is 29.1 Å². The largest absolute Gasteiger partial charge is 0.476 e. The lowest BCUT2D eigenvalue weighted by Gasteiger charge is -2.00. The molecule has 0 saturated carbocycles. The predicted octanol–water partition coefficient (Wildman–Crippen LogP) is -0.816. The van der Waals surface area contributed by atoms with Gasteiger partial charge in [0.15, 0.2) is 22.8 Å². The van der Waals surface area contributed by atoms with E-state index in [0.29, 0.717) is 0 Å². The molecular formula is C8H2N2O7. The van der Waals surface area contributed by atoms with Gasteiger partial charge in [0.1, 0.15) is 0 Å². The zero-order valence-corrected chi connectivity index (χ0v) is 7.83. The van der Waals surface area contributed by atoms with E-state index >= 15 is 0 Å². The van der Waals surface area contributed by atoms with Crippen LogP contribution in [0.25, 0.3) is 0 Å². The molecule has 0 saturated heterocycles. The maximum atomic E-state index is 11.0. The predicted molar refractivity (Wildman–Crippen MR) is 45.7 cm³/mol. The molecule has 0 amide bonds. The number of hydrogen-bond acceptors (Lipinski definition) is 7. The molecule has 0 atom stereocenters. The molecule has 1 aliphatic rings. The van der Waals surface area contributed by atoms with E-state index in [4.69, 9.17) is 10.2 Å². The van der Waals surface area contributed by atoms with Crippen LogP contribution in [-0.4, -0.2) is 44.1 Å². The van der Waals surface area contributed by atoms with Crippen molar-refractivity contribution in [3.8, 4) is 0 Å². The number of nitrogens with zero attached hydrogens (tertiary/aromatic N) is 2. The first-order valence-corrected chi connectivity index (χ1v) is 4.07. The lowest BCUT2D eigenvalue weighted by molar-refractivity contribution is 0.0439. The quantitative estimate of drug-likeness (QED) is 0.498. The highest BCUT2D eigenvalue weighted by Crippen LogP contribution is 2.18. The lowest BCUT2D eigenvalue weighted by Crippen LogP contribution is -2.17. The molecule has 1 aromatic rings. The highest BCUT2D eigenvalue weighted by molar-refractivity contribution is 6.13. The minimum absolute atomic E-state index is 0.600. The van der Waals surface area contributed by atoms with Crippen molar-refractivity contribution in [3.05, 3.63) is 22.8 Å². The molecule has 0 radical (unpaired) electrons. The Kier molecular flexibility index (Phi) is 2.09. The first-order valence-electron chi connectivity index (χ1n) is 4.07. The van der Waals surface area contributed by atoms with Crippen molar-refractivity contribution in [2.75, 3.05) is 0 Å². The number of aromatic carboxylic acids is 2. The summed E-state index contributed by atoms with van der Waals surface area (Å²) in [5.74, 6) is -5.66. The maximum Gasteiger partial charge on any atom is 0.367 e. The van der Waals surface area contributed by atoms with E-state index < -0.39 is 46.7 Å². The van der Waals surface area contributed by atoms with E-state index in [2.05, 4.69) is 14.7 Å². The number of carbonyl (C=O) groups excluding carboxylic acids is 2. The number of fused-ring (bicyclic) bond motifs is 1. The van der Waals surface area contributed by atoms with E-state index in [0.717, 1.165) is 0 Å². The summed E-state index contributed by atoms with van der Waals surface area (Å²) in [4.78, 5) is 50.0. The zero-order chi connectivity index (χ0) is 12.7. The van der Waals surface area contributed by atoms with Gasteiger partial charge in [-0.1, -0.05) is 0 Å². The minimum Gasteiger partial charge on any atom is -0.476 e. The lowest BCUT2D eigenvalue weighted by atomic mass is 10.2. The van der Waals surface area contributed by atoms with Crippen LogP contribution in [0.4, 0.5) is 0 Å². The maximum absolute atomic E-state index is 11.0. The fourth-order valence-corrected chi connectivity index (χ4v) is 1.20. The van der Waals surface area contributed by atoms with Crippen LogP contribution in [0.15, 0.2) is 0 Å². The van der Waals surface area contributed by atoms with E-state index in [1.165, 1.54) is 0 Å². The number of carbonyl (C=O) groups is 4. The van der Waals surface area contributed by atoms with E-state index in [1.807, 2.05) is 0 Å². The Balaban J connectivity index is 2.76. The molecule has 86 valence electrons. The summed E-state index contributed by atoms with van der Waals surface area (Å²) in [5.41, 5.74) is -3.06. The number of aromatic nitrogens is 2. The van der Waals surface area contributed by atoms with E-state index in [-0.39, 0.29) is 0 Å². The van der Waals surface area contributed by atoms with Crippen LogP contribution in [0, 0.1) is 0 Å². The van der Waals surface area contributed by atoms with Crippen LogP contribution in [-0.2, 0) is 4.74 Å². The molecule has 0 aliphatic carbocycles. The topological polar surface area (TPSA) is 144 Å². The van der Waals surface area contributed by atoms with Gasteiger partial charge in [0.05, 0.1) is 0 Å². The third kappa shape index (κ3) is 1.49. The summed E-state index contributed by atoms with van der Waals surface area (Å²) in [6.07, 6.45) is 0. The van der Waals surface area contributed by atoms with Crippen LogP contribution in [0.5, 0.6) is 0 Å². The summed E-state index contributed by atoms with van der Waals surface area (Å²) in [6, 6.07) is 0. The van der Waals surface area contributed by atoms with Gasteiger partial charge in [0.25, 0.3) is 0 Å². The fraction of sp³-hybridized carbons (Fsp3) is 0. The van der Waals surface area contributed by atoms with Crippen molar-refractivity contribution in [3.63, 3.8) is 0 Å². The number of cyclic esters (lactones) is 2. The first kappa shape index (κ1) is 10.7. The molecule has 1 aliphatic heterocycles. The third-order valence-electron chi connectivity index (χ3n) is 1.87. The molecule has 9 heteroatoms. The van der Waals surface area contributed by atoms with Gasteiger partial charge < -0.3 is 14.9 Å². The number of ether oxygens (including phenoxy) is 1. The van der Waals surface area contributed by atoms with Gasteiger partial charge in [-0.05, 0) is 0 Å². The van der Waals surface area contributed by atoms with Crippen molar-refractivity contribution in [1.82, 2.24) is 9.97 Å². The molecule has 2 heterocycles. The number of esters is 2. The highest BCUT2D eigenvalue weighted by Gasteiger charge is 2.37. The number of rotatable bonds is 2. The van der Waals surface area contributed by atoms with Gasteiger partial charge in [0.2, 0.25) is 0 Å². The highest BCUT2D eigenvalue weighted by atomic mass is 16.6. The Morgan fingerprint density at radius 2 is 1.24 bits per heavy atom. The summed E-state index contributed by atoms with van der Waals surface area (Å²) in [6.45, 7) is 0. The molecule has 2 N–H and O–H groups in total. The van der Waals surface area contributed by atoms with Gasteiger partial charge >= 0.3 is 23.9 Å². The summed E-state index contributed by atoms with van der Waals surface area (Å²) in [7, 11) is 0. The number of hydrogen-bond donors (Lipinski definition) is 2. The molecule has 0 aromatic carbocycles. The van der Waals surface area contributed by atoms with Crippen LogP contribution < -0.4 is 0 Å². The van der Waals surface area contributed by atoms with Crippen molar-refractivity contribution in [1.29, 1.82) is 0 Å². The average Bonchev–Trinajstić information content (AvgIpc) is 2.52. The molecule has 1 aromatic heterocycles. The first-order chi connectivity index (χ1) is 7.91. The molecule has 0 bridgehead atoms. The second-order valence-corrected chi connectivity index (χ2v) is 2.91. The molecule has 2 rings (SSSR count). The fourth-order valence-electron chi connectivity index (χ4n) is 1.20. The Morgan fingerprint density at radius 1 is 0.882 bits per heavy atom. The Bertz CT molecular complexity index is 541. The Labute approximate surface area is 91.7 Å². The van der Waals surface area contributed by atoms with Gasteiger partial charge in [-0.2, -0.15) is 0 Å². The third-order valence-corrected chi connectivity index (χ3v) is 1.87. The SMILES string of the molecule is O=C(O)c1nc2c(nc1C(=O)O)C(=O)OC2=O. The summed E-state index contributed by atoms with van der Waals surface area (Å²) >= 11 is 0. The molecule has 0 spiro atoms. The van der Waals surface area contributed by atoms with E-state index in [1.54, 1.807) is 0 Å². The van der Waals surface area contributed by atoms with Crippen LogP contribution in [0.1, 0.15) is 42.0 Å². The standard InChI is InChI=1S/C8H2N2O7/c11-5(12)1-2(6(13)14)10-4-3(9-1)7(15)17-8(4)16/h(H,11,12)(H,13,14). The molecule has 0 fully saturated rings. The summed E-state index contributed by atoms with van der Waals surface area (Å²) in [5, 5.41) is 17.4. The number of carboxylic acids is 2. The normalized spacial score (nSPS) is 13.2. The second kappa shape index (κ2) is 3.33.